The molecule has 0 aromatic carbocycles. The number of nitrogens with zero attached hydrogens (tertiary/aromatic N) is 2. The zero-order chi connectivity index (χ0) is 13.1. The molecule has 3 rings (SSSR count). The first-order valence-electron chi connectivity index (χ1n) is 8.08. The van der Waals surface area contributed by atoms with Gasteiger partial charge in [-0.05, 0) is 51.1 Å². The van der Waals surface area contributed by atoms with Crippen molar-refractivity contribution in [3.63, 3.8) is 0 Å². The average Bonchev–Trinajstić information content (AvgIpc) is 3.09. The summed E-state index contributed by atoms with van der Waals surface area (Å²) in [5, 5.41) is 8.35. The lowest BCUT2D eigenvalue weighted by Crippen LogP contribution is -2.37. The van der Waals surface area contributed by atoms with E-state index in [1.807, 2.05) is 0 Å². The minimum Gasteiger partial charge on any atom is -0.317 e. The van der Waals surface area contributed by atoms with Gasteiger partial charge in [0.2, 0.25) is 0 Å². The molecule has 0 radical (unpaired) electrons. The smallest absolute Gasteiger partial charge is 0.0628 e. The third-order valence-electron chi connectivity index (χ3n) is 5.11. The Morgan fingerprint density at radius 2 is 1.89 bits per heavy atom. The molecule has 0 bridgehead atoms. The standard InChI is InChI=1S/C16H27N3/c1-17-16-9-5-2-6-13(16)12-14-10-11-19(18-14)15-7-3-4-8-15/h10-11,13,15-17H,2-9,12H2,1H3. The lowest BCUT2D eigenvalue weighted by atomic mass is 9.82. The molecule has 106 valence electrons. The Morgan fingerprint density at radius 3 is 2.68 bits per heavy atom. The van der Waals surface area contributed by atoms with E-state index in [-0.39, 0.29) is 0 Å². The molecule has 19 heavy (non-hydrogen) atoms. The van der Waals surface area contributed by atoms with Gasteiger partial charge in [-0.15, -0.1) is 0 Å². The van der Waals surface area contributed by atoms with Gasteiger partial charge in [-0.3, -0.25) is 4.68 Å². The molecule has 1 heterocycles. The van der Waals surface area contributed by atoms with Gasteiger partial charge < -0.3 is 5.32 Å². The van der Waals surface area contributed by atoms with Crippen LogP contribution >= 0.6 is 0 Å². The maximum Gasteiger partial charge on any atom is 0.0628 e. The maximum absolute atomic E-state index is 4.84. The molecule has 0 aliphatic heterocycles. The van der Waals surface area contributed by atoms with Crippen molar-refractivity contribution in [2.75, 3.05) is 7.05 Å². The monoisotopic (exact) mass is 261 g/mol. The summed E-state index contributed by atoms with van der Waals surface area (Å²) in [5.41, 5.74) is 1.30. The predicted molar refractivity (Wildman–Crippen MR) is 78.2 cm³/mol. The van der Waals surface area contributed by atoms with E-state index in [2.05, 4.69) is 29.3 Å². The fraction of sp³-hybridized carbons (Fsp3) is 0.812. The highest BCUT2D eigenvalue weighted by atomic mass is 15.3. The van der Waals surface area contributed by atoms with E-state index < -0.39 is 0 Å². The summed E-state index contributed by atoms with van der Waals surface area (Å²) in [4.78, 5) is 0. The summed E-state index contributed by atoms with van der Waals surface area (Å²) in [6.07, 6.45) is 14.3. The third-order valence-corrected chi connectivity index (χ3v) is 5.11. The van der Waals surface area contributed by atoms with E-state index in [0.29, 0.717) is 12.1 Å². The second-order valence-corrected chi connectivity index (χ2v) is 6.37. The first-order chi connectivity index (χ1) is 9.36. The molecule has 0 saturated heterocycles. The molecule has 1 aromatic heterocycles. The van der Waals surface area contributed by atoms with Gasteiger partial charge in [-0.25, -0.2) is 0 Å². The third kappa shape index (κ3) is 3.02. The van der Waals surface area contributed by atoms with E-state index in [1.165, 1.54) is 57.1 Å². The van der Waals surface area contributed by atoms with Gasteiger partial charge in [0.15, 0.2) is 0 Å². The molecule has 3 nitrogen and oxygen atoms in total. The van der Waals surface area contributed by atoms with Crippen LogP contribution < -0.4 is 5.32 Å². The molecule has 2 saturated carbocycles. The van der Waals surface area contributed by atoms with Crippen molar-refractivity contribution in [3.8, 4) is 0 Å². The first-order valence-corrected chi connectivity index (χ1v) is 8.08. The Bertz CT molecular complexity index is 392. The Morgan fingerprint density at radius 1 is 1.16 bits per heavy atom. The van der Waals surface area contributed by atoms with Crippen LogP contribution in [0.4, 0.5) is 0 Å². The number of aromatic nitrogens is 2. The second kappa shape index (κ2) is 6.08. The number of rotatable bonds is 4. The summed E-state index contributed by atoms with van der Waals surface area (Å²) >= 11 is 0. The molecule has 0 amide bonds. The maximum atomic E-state index is 4.84. The summed E-state index contributed by atoms with van der Waals surface area (Å²) in [6, 6.07) is 3.63. The van der Waals surface area contributed by atoms with Crippen LogP contribution in [0.25, 0.3) is 0 Å². The van der Waals surface area contributed by atoms with E-state index >= 15 is 0 Å². The van der Waals surface area contributed by atoms with Crippen molar-refractivity contribution in [1.29, 1.82) is 0 Å². The molecular formula is C16H27N3. The molecular weight excluding hydrogens is 234 g/mol. The lowest BCUT2D eigenvalue weighted by Gasteiger charge is -2.30. The second-order valence-electron chi connectivity index (χ2n) is 6.37. The van der Waals surface area contributed by atoms with E-state index in [0.717, 1.165) is 12.3 Å². The van der Waals surface area contributed by atoms with E-state index in [4.69, 9.17) is 5.10 Å². The molecule has 2 atom stereocenters. The van der Waals surface area contributed by atoms with Crippen molar-refractivity contribution >= 4 is 0 Å². The van der Waals surface area contributed by atoms with Gasteiger partial charge in [0.1, 0.15) is 0 Å². The van der Waals surface area contributed by atoms with Crippen LogP contribution in [0.3, 0.4) is 0 Å². The van der Waals surface area contributed by atoms with Crippen molar-refractivity contribution in [3.05, 3.63) is 18.0 Å². The SMILES string of the molecule is CNC1CCCCC1Cc1ccn(C2CCCC2)n1. The summed E-state index contributed by atoms with van der Waals surface area (Å²) < 4.78 is 2.24. The predicted octanol–water partition coefficient (Wildman–Crippen LogP) is 3.32. The fourth-order valence-corrected chi connectivity index (χ4v) is 3.96. The highest BCUT2D eigenvalue weighted by Crippen LogP contribution is 2.30. The average molecular weight is 261 g/mol. The van der Waals surface area contributed by atoms with Crippen LogP contribution in [0.1, 0.15) is 63.1 Å². The van der Waals surface area contributed by atoms with Crippen LogP contribution in [0.5, 0.6) is 0 Å². The Hall–Kier alpha value is -0.830. The number of hydrogen-bond donors (Lipinski definition) is 1. The van der Waals surface area contributed by atoms with Gasteiger partial charge >= 0.3 is 0 Å². The minimum absolute atomic E-state index is 0.681. The van der Waals surface area contributed by atoms with E-state index in [9.17, 15) is 0 Å². The molecule has 3 heteroatoms. The number of hydrogen-bond acceptors (Lipinski definition) is 2. The highest BCUT2D eigenvalue weighted by molar-refractivity contribution is 5.03. The van der Waals surface area contributed by atoms with Gasteiger partial charge in [0.05, 0.1) is 11.7 Å². The zero-order valence-electron chi connectivity index (χ0n) is 12.1. The topological polar surface area (TPSA) is 29.9 Å². The quantitative estimate of drug-likeness (QED) is 0.901. The lowest BCUT2D eigenvalue weighted by molar-refractivity contribution is 0.270. The molecule has 0 spiro atoms. The Kier molecular flexibility index (Phi) is 4.21. The van der Waals surface area contributed by atoms with Crippen molar-refractivity contribution < 1.29 is 0 Å². The normalized spacial score (nSPS) is 28.9. The van der Waals surface area contributed by atoms with Crippen molar-refractivity contribution in [2.24, 2.45) is 5.92 Å². The van der Waals surface area contributed by atoms with Crippen LogP contribution in [0.15, 0.2) is 12.3 Å². The van der Waals surface area contributed by atoms with Crippen molar-refractivity contribution in [1.82, 2.24) is 15.1 Å². The summed E-state index contributed by atoms with van der Waals surface area (Å²) in [5.74, 6) is 0.783. The van der Waals surface area contributed by atoms with Crippen LogP contribution in [-0.2, 0) is 6.42 Å². The summed E-state index contributed by atoms with van der Waals surface area (Å²) in [6.45, 7) is 0. The van der Waals surface area contributed by atoms with Crippen LogP contribution in [-0.4, -0.2) is 22.9 Å². The number of nitrogens with one attached hydrogen (secondary N) is 1. The highest BCUT2D eigenvalue weighted by Gasteiger charge is 2.25. The van der Waals surface area contributed by atoms with Gasteiger partial charge in [-0.2, -0.15) is 5.10 Å². The van der Waals surface area contributed by atoms with Gasteiger partial charge in [0.25, 0.3) is 0 Å². The molecule has 2 aliphatic carbocycles. The van der Waals surface area contributed by atoms with E-state index in [1.54, 1.807) is 0 Å². The van der Waals surface area contributed by atoms with Gasteiger partial charge in [0, 0.05) is 12.2 Å². The molecule has 2 unspecified atom stereocenters. The first kappa shape index (κ1) is 13.2. The Balaban J connectivity index is 1.62. The van der Waals surface area contributed by atoms with Crippen LogP contribution in [0.2, 0.25) is 0 Å². The zero-order valence-corrected chi connectivity index (χ0v) is 12.1. The van der Waals surface area contributed by atoms with Gasteiger partial charge in [-0.1, -0.05) is 25.7 Å². The largest absolute Gasteiger partial charge is 0.317 e. The molecule has 1 N–H and O–H groups in total. The Labute approximate surface area is 116 Å². The minimum atomic E-state index is 0.681. The summed E-state index contributed by atoms with van der Waals surface area (Å²) in [7, 11) is 2.11. The molecule has 2 fully saturated rings. The molecule has 2 aliphatic rings. The van der Waals surface area contributed by atoms with Crippen LogP contribution in [0, 0.1) is 5.92 Å². The van der Waals surface area contributed by atoms with Crippen molar-refractivity contribution in [2.45, 2.75) is 69.9 Å². The fourth-order valence-electron chi connectivity index (χ4n) is 3.96. The molecule has 1 aromatic rings.